The first-order valence-electron chi connectivity index (χ1n) is 10.3. The Balaban J connectivity index is 1.51. The van der Waals surface area contributed by atoms with Gasteiger partial charge in [0.15, 0.2) is 5.96 Å². The van der Waals surface area contributed by atoms with E-state index in [4.69, 9.17) is 4.74 Å². The summed E-state index contributed by atoms with van der Waals surface area (Å²) in [5.41, 5.74) is 0. The van der Waals surface area contributed by atoms with Gasteiger partial charge in [-0.2, -0.15) is 0 Å². The molecule has 0 saturated carbocycles. The topological polar surface area (TPSA) is 52.1 Å². The smallest absolute Gasteiger partial charge is 0.191 e. The molecule has 3 heterocycles. The molecule has 2 aliphatic heterocycles. The van der Waals surface area contributed by atoms with Gasteiger partial charge in [0.2, 0.25) is 0 Å². The van der Waals surface area contributed by atoms with Gasteiger partial charge in [-0.1, -0.05) is 13.0 Å². The first kappa shape index (κ1) is 20.6. The summed E-state index contributed by atoms with van der Waals surface area (Å²) in [4.78, 5) is 11.0. The second-order valence-electron chi connectivity index (χ2n) is 7.39. The molecule has 0 bridgehead atoms. The van der Waals surface area contributed by atoms with E-state index in [1.165, 1.54) is 43.8 Å². The summed E-state index contributed by atoms with van der Waals surface area (Å²) in [5.74, 6) is 0.929. The number of likely N-dealkylation sites (tertiary alicyclic amines) is 1. The van der Waals surface area contributed by atoms with Crippen LogP contribution in [-0.2, 0) is 4.74 Å². The van der Waals surface area contributed by atoms with Crippen LogP contribution in [0.2, 0.25) is 0 Å². The fraction of sp³-hybridized carbons (Fsp3) is 0.750. The third kappa shape index (κ3) is 6.17. The van der Waals surface area contributed by atoms with Crippen LogP contribution in [0.15, 0.2) is 22.5 Å². The molecule has 1 aromatic heterocycles. The minimum absolute atomic E-state index is 0.374. The van der Waals surface area contributed by atoms with Crippen LogP contribution in [0, 0.1) is 0 Å². The lowest BCUT2D eigenvalue weighted by Crippen LogP contribution is -2.50. The molecule has 0 aromatic carbocycles. The minimum Gasteiger partial charge on any atom is -0.379 e. The van der Waals surface area contributed by atoms with E-state index in [9.17, 15) is 0 Å². The number of nitrogens with one attached hydrogen (secondary N) is 2. The predicted octanol–water partition coefficient (Wildman–Crippen LogP) is 2.16. The van der Waals surface area contributed by atoms with Crippen LogP contribution in [-0.4, -0.2) is 81.3 Å². The molecule has 1 atom stereocenters. The highest BCUT2D eigenvalue weighted by Gasteiger charge is 2.24. The highest BCUT2D eigenvalue weighted by atomic mass is 32.1. The molecule has 2 fully saturated rings. The third-order valence-electron chi connectivity index (χ3n) is 5.51. The van der Waals surface area contributed by atoms with Crippen molar-refractivity contribution in [3.05, 3.63) is 22.4 Å². The average Bonchev–Trinajstić information content (AvgIpc) is 3.24. The van der Waals surface area contributed by atoms with Crippen LogP contribution < -0.4 is 10.6 Å². The Morgan fingerprint density at radius 3 is 2.70 bits per heavy atom. The molecule has 2 aliphatic rings. The zero-order valence-electron chi connectivity index (χ0n) is 16.8. The van der Waals surface area contributed by atoms with Gasteiger partial charge in [-0.05, 0) is 37.3 Å². The molecule has 27 heavy (non-hydrogen) atoms. The maximum Gasteiger partial charge on any atom is 0.191 e. The SMILES string of the molecule is CCCN1CCC(NC(=NC)NCC(c2cccs2)N2CCOCC2)CC1. The van der Waals surface area contributed by atoms with Gasteiger partial charge >= 0.3 is 0 Å². The van der Waals surface area contributed by atoms with Crippen molar-refractivity contribution >= 4 is 17.3 Å². The van der Waals surface area contributed by atoms with Crippen molar-refractivity contribution in [2.24, 2.45) is 4.99 Å². The second kappa shape index (κ2) is 11.0. The standard InChI is InChI=1S/C20H35N5OS/c1-3-8-24-9-6-17(7-10-24)23-20(21-2)22-16-18(19-5-4-15-27-19)25-11-13-26-14-12-25/h4-5,15,17-18H,3,6-14,16H2,1-2H3,(H2,21,22,23). The highest BCUT2D eigenvalue weighted by molar-refractivity contribution is 7.10. The van der Waals surface area contributed by atoms with Crippen molar-refractivity contribution in [3.63, 3.8) is 0 Å². The van der Waals surface area contributed by atoms with Crippen molar-refractivity contribution in [3.8, 4) is 0 Å². The summed E-state index contributed by atoms with van der Waals surface area (Å²) in [5, 5.41) is 9.40. The van der Waals surface area contributed by atoms with Crippen molar-refractivity contribution < 1.29 is 4.74 Å². The summed E-state index contributed by atoms with van der Waals surface area (Å²) in [6.07, 6.45) is 3.63. The highest BCUT2D eigenvalue weighted by Crippen LogP contribution is 2.25. The molecule has 2 saturated heterocycles. The lowest BCUT2D eigenvalue weighted by atomic mass is 10.1. The summed E-state index contributed by atoms with van der Waals surface area (Å²) in [7, 11) is 1.87. The summed E-state index contributed by atoms with van der Waals surface area (Å²) in [6, 6.07) is 5.28. The Morgan fingerprint density at radius 1 is 1.30 bits per heavy atom. The Hall–Kier alpha value is -1.15. The van der Waals surface area contributed by atoms with E-state index in [1.54, 1.807) is 0 Å². The molecule has 3 rings (SSSR count). The first-order chi connectivity index (χ1) is 13.3. The van der Waals surface area contributed by atoms with Crippen LogP contribution in [0.1, 0.15) is 37.1 Å². The molecular formula is C20H35N5OS. The van der Waals surface area contributed by atoms with Crippen molar-refractivity contribution in [2.75, 3.05) is 59.5 Å². The number of piperidine rings is 1. The van der Waals surface area contributed by atoms with E-state index >= 15 is 0 Å². The largest absolute Gasteiger partial charge is 0.379 e. The lowest BCUT2D eigenvalue weighted by molar-refractivity contribution is 0.0177. The van der Waals surface area contributed by atoms with Crippen molar-refractivity contribution in [1.29, 1.82) is 0 Å². The number of ether oxygens (including phenoxy) is 1. The van der Waals surface area contributed by atoms with Gasteiger partial charge in [0.1, 0.15) is 0 Å². The molecule has 0 amide bonds. The molecule has 0 spiro atoms. The Labute approximate surface area is 168 Å². The number of rotatable bonds is 7. The van der Waals surface area contributed by atoms with E-state index in [0.29, 0.717) is 12.1 Å². The van der Waals surface area contributed by atoms with Crippen molar-refractivity contribution in [2.45, 2.75) is 38.3 Å². The number of hydrogen-bond acceptors (Lipinski definition) is 5. The normalized spacial score (nSPS) is 21.9. The van der Waals surface area contributed by atoms with E-state index in [-0.39, 0.29) is 0 Å². The van der Waals surface area contributed by atoms with E-state index in [0.717, 1.165) is 38.8 Å². The number of hydrogen-bond donors (Lipinski definition) is 2. The fourth-order valence-corrected chi connectivity index (χ4v) is 4.84. The van der Waals surface area contributed by atoms with E-state index < -0.39 is 0 Å². The van der Waals surface area contributed by atoms with Gasteiger partial charge in [0.05, 0.1) is 19.3 Å². The molecule has 6 nitrogen and oxygen atoms in total. The molecule has 1 aromatic rings. The molecular weight excluding hydrogens is 358 g/mol. The molecule has 1 unspecified atom stereocenters. The molecule has 152 valence electrons. The van der Waals surface area contributed by atoms with Crippen LogP contribution in [0.5, 0.6) is 0 Å². The van der Waals surface area contributed by atoms with Gasteiger partial charge < -0.3 is 20.3 Å². The van der Waals surface area contributed by atoms with E-state index in [1.807, 2.05) is 18.4 Å². The van der Waals surface area contributed by atoms with Crippen LogP contribution in [0.4, 0.5) is 0 Å². The fourth-order valence-electron chi connectivity index (χ4n) is 3.98. The minimum atomic E-state index is 0.374. The predicted molar refractivity (Wildman–Crippen MR) is 114 cm³/mol. The van der Waals surface area contributed by atoms with Gasteiger partial charge in [0.25, 0.3) is 0 Å². The summed E-state index contributed by atoms with van der Waals surface area (Å²) in [6.45, 7) is 10.4. The van der Waals surface area contributed by atoms with Gasteiger partial charge in [0, 0.05) is 50.7 Å². The number of nitrogens with zero attached hydrogens (tertiary/aromatic N) is 3. The molecule has 0 radical (unpaired) electrons. The lowest BCUT2D eigenvalue weighted by Gasteiger charge is -2.35. The first-order valence-corrected chi connectivity index (χ1v) is 11.2. The van der Waals surface area contributed by atoms with Gasteiger partial charge in [-0.25, -0.2) is 0 Å². The van der Waals surface area contributed by atoms with Crippen LogP contribution in [0.25, 0.3) is 0 Å². The quantitative estimate of drug-likeness (QED) is 0.549. The summed E-state index contributed by atoms with van der Waals surface area (Å²) >= 11 is 1.84. The van der Waals surface area contributed by atoms with Gasteiger partial charge in [-0.15, -0.1) is 11.3 Å². The second-order valence-corrected chi connectivity index (χ2v) is 8.37. The maximum absolute atomic E-state index is 5.54. The zero-order chi connectivity index (χ0) is 18.9. The van der Waals surface area contributed by atoms with Crippen LogP contribution in [0.3, 0.4) is 0 Å². The molecule has 7 heteroatoms. The summed E-state index contributed by atoms with van der Waals surface area (Å²) < 4.78 is 5.54. The number of aliphatic imine (C=N–C) groups is 1. The van der Waals surface area contributed by atoms with Crippen LogP contribution >= 0.6 is 11.3 Å². The van der Waals surface area contributed by atoms with Gasteiger partial charge in [-0.3, -0.25) is 9.89 Å². The average molecular weight is 394 g/mol. The Bertz CT molecular complexity index is 551. The number of guanidine groups is 1. The monoisotopic (exact) mass is 393 g/mol. The number of thiophene rings is 1. The number of morpholine rings is 1. The van der Waals surface area contributed by atoms with E-state index in [2.05, 4.69) is 49.9 Å². The van der Waals surface area contributed by atoms with Crippen molar-refractivity contribution in [1.82, 2.24) is 20.4 Å². The molecule has 0 aliphatic carbocycles. The Morgan fingerprint density at radius 2 is 2.07 bits per heavy atom. The third-order valence-corrected chi connectivity index (χ3v) is 6.49. The molecule has 2 N–H and O–H groups in total. The zero-order valence-corrected chi connectivity index (χ0v) is 17.6. The maximum atomic E-state index is 5.54. The Kier molecular flexibility index (Phi) is 8.38.